The topological polar surface area (TPSA) is 63.4 Å². The normalized spacial score (nSPS) is 10.8. The molecule has 0 spiro atoms. The van der Waals surface area contributed by atoms with Crippen molar-refractivity contribution in [2.24, 2.45) is 0 Å². The van der Waals surface area contributed by atoms with E-state index < -0.39 is 5.63 Å². The number of carbonyl (C=O) groups is 1. The predicted molar refractivity (Wildman–Crippen MR) is 102 cm³/mol. The van der Waals surface area contributed by atoms with Gasteiger partial charge in [0.2, 0.25) is 0 Å². The van der Waals surface area contributed by atoms with Crippen LogP contribution in [0.1, 0.15) is 10.4 Å². The molecular weight excluding hydrogens is 466 g/mol. The fraction of sp³-hybridized carbons (Fsp3) is 0.0625. The van der Waals surface area contributed by atoms with E-state index in [2.05, 4.69) is 27.6 Å². The van der Waals surface area contributed by atoms with Crippen molar-refractivity contribution in [3.8, 4) is 0 Å². The third-order valence-corrected chi connectivity index (χ3v) is 5.02. The van der Waals surface area contributed by atoms with Crippen LogP contribution in [0, 0.1) is 3.57 Å². The molecule has 0 aliphatic rings. The zero-order valence-electron chi connectivity index (χ0n) is 12.2. The molecule has 24 heavy (non-hydrogen) atoms. The third kappa shape index (κ3) is 3.13. The first kappa shape index (κ1) is 17.2. The van der Waals surface area contributed by atoms with Crippen LogP contribution in [0.5, 0.6) is 0 Å². The number of halogens is 3. The van der Waals surface area contributed by atoms with Crippen molar-refractivity contribution in [2.75, 3.05) is 11.9 Å². The van der Waals surface area contributed by atoms with Crippen LogP contribution in [0.15, 0.2) is 45.6 Å². The predicted octanol–water partition coefficient (Wildman–Crippen LogP) is 4.38. The zero-order chi connectivity index (χ0) is 17.4. The summed E-state index contributed by atoms with van der Waals surface area (Å²) in [6.07, 6.45) is 0. The lowest BCUT2D eigenvalue weighted by Gasteiger charge is -2.15. The first-order chi connectivity index (χ1) is 11.4. The Kier molecular flexibility index (Phi) is 4.80. The standard InChI is InChI=1S/C16H9Cl2IN2O3/c1-21(14(22)8-4-2-3-5-12(8)19)16-20-13-7-11(18)10(17)6-9(13)15(23)24-16/h2-7H,1H3. The molecule has 0 aliphatic heterocycles. The summed E-state index contributed by atoms with van der Waals surface area (Å²) in [4.78, 5) is 30.1. The Balaban J connectivity index is 2.09. The van der Waals surface area contributed by atoms with Crippen LogP contribution in [0.2, 0.25) is 10.0 Å². The molecule has 0 saturated heterocycles. The maximum Gasteiger partial charge on any atom is 0.348 e. The van der Waals surface area contributed by atoms with Gasteiger partial charge in [0.1, 0.15) is 0 Å². The second-order valence-corrected chi connectivity index (χ2v) is 6.89. The average Bonchev–Trinajstić information content (AvgIpc) is 2.55. The van der Waals surface area contributed by atoms with Gasteiger partial charge >= 0.3 is 11.6 Å². The lowest BCUT2D eigenvalue weighted by atomic mass is 10.2. The van der Waals surface area contributed by atoms with Gasteiger partial charge in [0.15, 0.2) is 0 Å². The number of aromatic nitrogens is 1. The molecule has 1 amide bonds. The van der Waals surface area contributed by atoms with E-state index >= 15 is 0 Å². The molecule has 1 heterocycles. The van der Waals surface area contributed by atoms with E-state index in [0.717, 1.165) is 3.57 Å². The van der Waals surface area contributed by atoms with Gasteiger partial charge in [-0.25, -0.2) is 4.79 Å². The molecule has 0 unspecified atom stereocenters. The maximum atomic E-state index is 12.6. The minimum atomic E-state index is -0.643. The van der Waals surface area contributed by atoms with Gasteiger partial charge in [-0.05, 0) is 46.9 Å². The smallest absolute Gasteiger partial charge is 0.348 e. The van der Waals surface area contributed by atoms with Crippen molar-refractivity contribution in [2.45, 2.75) is 0 Å². The number of anilines is 1. The molecule has 122 valence electrons. The summed E-state index contributed by atoms with van der Waals surface area (Å²) in [6.45, 7) is 0. The van der Waals surface area contributed by atoms with Gasteiger partial charge in [-0.2, -0.15) is 4.98 Å². The maximum absolute atomic E-state index is 12.6. The largest absolute Gasteiger partial charge is 0.388 e. The van der Waals surface area contributed by atoms with E-state index in [0.29, 0.717) is 11.1 Å². The van der Waals surface area contributed by atoms with Crippen LogP contribution in [-0.2, 0) is 0 Å². The van der Waals surface area contributed by atoms with Gasteiger partial charge in [0.05, 0.1) is 26.5 Å². The molecule has 3 aromatic rings. The number of carbonyl (C=O) groups excluding carboxylic acids is 1. The van der Waals surface area contributed by atoms with Crippen LogP contribution in [0.25, 0.3) is 10.9 Å². The first-order valence-corrected chi connectivity index (χ1v) is 8.54. The molecule has 0 fully saturated rings. The number of hydrogen-bond donors (Lipinski definition) is 0. The lowest BCUT2D eigenvalue weighted by molar-refractivity contribution is 0.0986. The second kappa shape index (κ2) is 6.70. The zero-order valence-corrected chi connectivity index (χ0v) is 15.9. The van der Waals surface area contributed by atoms with Crippen LogP contribution in [0.3, 0.4) is 0 Å². The number of nitrogens with zero attached hydrogens (tertiary/aromatic N) is 2. The Bertz CT molecular complexity index is 1020. The van der Waals surface area contributed by atoms with Crippen LogP contribution >= 0.6 is 45.8 Å². The third-order valence-electron chi connectivity index (χ3n) is 3.35. The lowest BCUT2D eigenvalue weighted by Crippen LogP contribution is -2.28. The van der Waals surface area contributed by atoms with Crippen molar-refractivity contribution >= 4 is 68.6 Å². The minimum absolute atomic E-state index is 0.115. The van der Waals surface area contributed by atoms with Crippen molar-refractivity contribution in [3.63, 3.8) is 0 Å². The molecule has 5 nitrogen and oxygen atoms in total. The molecule has 2 aromatic carbocycles. The van der Waals surface area contributed by atoms with E-state index in [1.807, 2.05) is 12.1 Å². The summed E-state index contributed by atoms with van der Waals surface area (Å²) in [5.74, 6) is -0.338. The summed E-state index contributed by atoms with van der Waals surface area (Å²) < 4.78 is 5.95. The van der Waals surface area contributed by atoms with E-state index in [-0.39, 0.29) is 27.4 Å². The molecular formula is C16H9Cl2IN2O3. The number of amides is 1. The SMILES string of the molecule is CN(C(=O)c1ccccc1I)c1nc2cc(Cl)c(Cl)cc2c(=O)o1. The van der Waals surface area contributed by atoms with Crippen LogP contribution < -0.4 is 10.5 Å². The van der Waals surface area contributed by atoms with Gasteiger partial charge in [-0.1, -0.05) is 35.3 Å². The monoisotopic (exact) mass is 474 g/mol. The van der Waals surface area contributed by atoms with E-state index in [1.54, 1.807) is 12.1 Å². The Morgan fingerprint density at radius 1 is 1.21 bits per heavy atom. The van der Waals surface area contributed by atoms with Gasteiger partial charge in [0.25, 0.3) is 5.91 Å². The van der Waals surface area contributed by atoms with E-state index in [1.165, 1.54) is 24.1 Å². The van der Waals surface area contributed by atoms with Gasteiger partial charge in [-0.3, -0.25) is 9.69 Å². The fourth-order valence-electron chi connectivity index (χ4n) is 2.10. The molecule has 0 aliphatic carbocycles. The highest BCUT2D eigenvalue weighted by Crippen LogP contribution is 2.26. The highest BCUT2D eigenvalue weighted by Gasteiger charge is 2.20. The number of fused-ring (bicyclic) bond motifs is 1. The number of benzene rings is 2. The summed E-state index contributed by atoms with van der Waals surface area (Å²) in [5.41, 5.74) is 0.147. The number of rotatable bonds is 2. The second-order valence-electron chi connectivity index (χ2n) is 4.91. The van der Waals surface area contributed by atoms with Crippen molar-refractivity contribution < 1.29 is 9.21 Å². The quantitative estimate of drug-likeness (QED) is 0.517. The van der Waals surface area contributed by atoms with Gasteiger partial charge in [0, 0.05) is 10.6 Å². The van der Waals surface area contributed by atoms with Crippen molar-refractivity contribution in [1.82, 2.24) is 4.98 Å². The summed E-state index contributed by atoms with van der Waals surface area (Å²) in [7, 11) is 1.49. The highest BCUT2D eigenvalue weighted by molar-refractivity contribution is 14.1. The Labute approximate surface area is 160 Å². The van der Waals surface area contributed by atoms with E-state index in [9.17, 15) is 9.59 Å². The fourth-order valence-corrected chi connectivity index (χ4v) is 3.04. The molecule has 0 radical (unpaired) electrons. The minimum Gasteiger partial charge on any atom is -0.388 e. The summed E-state index contributed by atoms with van der Waals surface area (Å²) >= 11 is 13.9. The molecule has 0 bridgehead atoms. The Morgan fingerprint density at radius 2 is 1.88 bits per heavy atom. The molecule has 0 atom stereocenters. The van der Waals surface area contributed by atoms with E-state index in [4.69, 9.17) is 27.6 Å². The molecule has 8 heteroatoms. The van der Waals surface area contributed by atoms with Gasteiger partial charge < -0.3 is 4.42 Å². The molecule has 3 rings (SSSR count). The Hall–Kier alpha value is -1.64. The highest BCUT2D eigenvalue weighted by atomic mass is 127. The number of hydrogen-bond acceptors (Lipinski definition) is 4. The summed E-state index contributed by atoms with van der Waals surface area (Å²) in [6, 6.07) is 9.83. The summed E-state index contributed by atoms with van der Waals surface area (Å²) in [5, 5.41) is 0.692. The van der Waals surface area contributed by atoms with Gasteiger partial charge in [-0.15, -0.1) is 0 Å². The molecule has 1 aromatic heterocycles. The van der Waals surface area contributed by atoms with Crippen molar-refractivity contribution in [1.29, 1.82) is 0 Å². The van der Waals surface area contributed by atoms with Crippen molar-refractivity contribution in [3.05, 3.63) is 66.0 Å². The average molecular weight is 475 g/mol. The van der Waals surface area contributed by atoms with Crippen LogP contribution in [0.4, 0.5) is 6.01 Å². The van der Waals surface area contributed by atoms with Crippen LogP contribution in [-0.4, -0.2) is 17.9 Å². The Morgan fingerprint density at radius 3 is 2.58 bits per heavy atom. The molecule has 0 N–H and O–H groups in total. The molecule has 0 saturated carbocycles. The first-order valence-electron chi connectivity index (χ1n) is 6.71.